The number of aromatic nitrogens is 2. The highest BCUT2D eigenvalue weighted by Crippen LogP contribution is 2.18. The van der Waals surface area contributed by atoms with E-state index in [1.165, 1.54) is 11.8 Å². The number of carboxylic acid groups (broad SMARTS) is 1. The summed E-state index contributed by atoms with van der Waals surface area (Å²) in [4.78, 5) is 14.4. The van der Waals surface area contributed by atoms with Crippen molar-refractivity contribution in [3.63, 3.8) is 0 Å². The molecule has 16 heavy (non-hydrogen) atoms. The minimum atomic E-state index is -0.854. The van der Waals surface area contributed by atoms with Gasteiger partial charge < -0.3 is 14.4 Å². The van der Waals surface area contributed by atoms with Crippen molar-refractivity contribution in [1.82, 2.24) is 10.1 Å². The van der Waals surface area contributed by atoms with Gasteiger partial charge in [-0.25, -0.2) is 0 Å². The summed E-state index contributed by atoms with van der Waals surface area (Å²) >= 11 is 1.22. The lowest BCUT2D eigenvalue weighted by molar-refractivity contribution is -0.133. The summed E-state index contributed by atoms with van der Waals surface area (Å²) in [6, 6.07) is 0. The molecule has 1 aromatic rings. The average Bonchev–Trinajstić information content (AvgIpc) is 2.68. The summed E-state index contributed by atoms with van der Waals surface area (Å²) in [6.45, 7) is 1.96. The van der Waals surface area contributed by atoms with Crippen molar-refractivity contribution in [2.24, 2.45) is 0 Å². The number of carboxylic acids is 1. The number of thioether (sulfide) groups is 1. The standard InChI is InChI=1S/C9H14N2O4S/c1-3-6(14-2)9-10-7(15-11-9)4-16-5-8(12)13/h6H,3-5H2,1-2H3,(H,12,13). The first-order chi connectivity index (χ1) is 7.67. The number of carbonyl (C=O) groups is 1. The molecule has 1 unspecified atom stereocenters. The Bertz CT molecular complexity index is 338. The van der Waals surface area contributed by atoms with E-state index in [1.807, 2.05) is 6.92 Å². The van der Waals surface area contributed by atoms with Crippen LogP contribution < -0.4 is 0 Å². The molecule has 1 heterocycles. The molecule has 0 aliphatic rings. The van der Waals surface area contributed by atoms with Crippen LogP contribution in [-0.4, -0.2) is 34.1 Å². The third-order valence-electron chi connectivity index (χ3n) is 1.88. The van der Waals surface area contributed by atoms with Gasteiger partial charge in [-0.2, -0.15) is 4.98 Å². The maximum atomic E-state index is 10.3. The van der Waals surface area contributed by atoms with E-state index in [4.69, 9.17) is 14.4 Å². The normalized spacial score (nSPS) is 12.6. The Morgan fingerprint density at radius 1 is 1.69 bits per heavy atom. The number of aliphatic carboxylic acids is 1. The molecule has 90 valence electrons. The number of ether oxygens (including phenoxy) is 1. The monoisotopic (exact) mass is 246 g/mol. The van der Waals surface area contributed by atoms with Crippen LogP contribution in [0.25, 0.3) is 0 Å². The molecule has 0 saturated carbocycles. The average molecular weight is 246 g/mol. The van der Waals surface area contributed by atoms with Gasteiger partial charge in [0.1, 0.15) is 6.10 Å². The predicted molar refractivity (Wildman–Crippen MR) is 58.1 cm³/mol. The van der Waals surface area contributed by atoms with Crippen molar-refractivity contribution in [2.45, 2.75) is 25.2 Å². The third-order valence-corrected chi connectivity index (χ3v) is 2.78. The molecule has 0 aliphatic heterocycles. The van der Waals surface area contributed by atoms with Crippen molar-refractivity contribution in [2.75, 3.05) is 12.9 Å². The molecule has 1 atom stereocenters. The van der Waals surface area contributed by atoms with Crippen molar-refractivity contribution in [1.29, 1.82) is 0 Å². The van der Waals surface area contributed by atoms with Crippen LogP contribution in [0.1, 0.15) is 31.2 Å². The summed E-state index contributed by atoms with van der Waals surface area (Å²) in [6.07, 6.45) is 0.597. The van der Waals surface area contributed by atoms with Crippen molar-refractivity contribution < 1.29 is 19.2 Å². The molecule has 1 N–H and O–H groups in total. The maximum Gasteiger partial charge on any atom is 0.313 e. The van der Waals surface area contributed by atoms with E-state index in [-0.39, 0.29) is 11.9 Å². The Kier molecular flexibility index (Phi) is 5.27. The zero-order valence-corrected chi connectivity index (χ0v) is 9.99. The van der Waals surface area contributed by atoms with Crippen LogP contribution in [0, 0.1) is 0 Å². The minimum Gasteiger partial charge on any atom is -0.481 e. The van der Waals surface area contributed by atoms with Gasteiger partial charge >= 0.3 is 5.97 Å². The van der Waals surface area contributed by atoms with E-state index in [2.05, 4.69) is 10.1 Å². The van der Waals surface area contributed by atoms with Gasteiger partial charge in [-0.05, 0) is 6.42 Å². The van der Waals surface area contributed by atoms with Gasteiger partial charge in [0.15, 0.2) is 0 Å². The van der Waals surface area contributed by atoms with Crippen LogP contribution in [0.5, 0.6) is 0 Å². The van der Waals surface area contributed by atoms with E-state index in [9.17, 15) is 4.79 Å². The molecule has 6 nitrogen and oxygen atoms in total. The topological polar surface area (TPSA) is 85.5 Å². The fourth-order valence-electron chi connectivity index (χ4n) is 1.14. The highest BCUT2D eigenvalue weighted by atomic mass is 32.2. The zero-order chi connectivity index (χ0) is 12.0. The van der Waals surface area contributed by atoms with Gasteiger partial charge in [0.05, 0.1) is 11.5 Å². The largest absolute Gasteiger partial charge is 0.481 e. The smallest absolute Gasteiger partial charge is 0.313 e. The molecule has 0 fully saturated rings. The second kappa shape index (κ2) is 6.49. The first kappa shape index (κ1) is 13.0. The molecule has 0 radical (unpaired) electrons. The quantitative estimate of drug-likeness (QED) is 0.779. The molecule has 0 bridgehead atoms. The Balaban J connectivity index is 2.47. The van der Waals surface area contributed by atoms with Crippen LogP contribution in [0.15, 0.2) is 4.52 Å². The lowest BCUT2D eigenvalue weighted by Gasteiger charge is -2.05. The summed E-state index contributed by atoms with van der Waals surface area (Å²) in [5, 5.41) is 12.2. The van der Waals surface area contributed by atoms with Gasteiger partial charge in [0, 0.05) is 7.11 Å². The number of methoxy groups -OCH3 is 1. The summed E-state index contributed by atoms with van der Waals surface area (Å²) in [5.41, 5.74) is 0. The molecule has 1 aromatic heterocycles. The fourth-order valence-corrected chi connectivity index (χ4v) is 1.71. The second-order valence-electron chi connectivity index (χ2n) is 3.07. The van der Waals surface area contributed by atoms with Crippen molar-refractivity contribution >= 4 is 17.7 Å². The summed E-state index contributed by atoms with van der Waals surface area (Å²) in [7, 11) is 1.59. The highest BCUT2D eigenvalue weighted by molar-refractivity contribution is 7.99. The fraction of sp³-hybridized carbons (Fsp3) is 0.667. The number of hydrogen-bond acceptors (Lipinski definition) is 6. The lowest BCUT2D eigenvalue weighted by atomic mass is 10.3. The zero-order valence-electron chi connectivity index (χ0n) is 9.17. The van der Waals surface area contributed by atoms with E-state index >= 15 is 0 Å². The second-order valence-corrected chi connectivity index (χ2v) is 4.05. The predicted octanol–water partition coefficient (Wildman–Crippen LogP) is 1.48. The third kappa shape index (κ3) is 3.82. The highest BCUT2D eigenvalue weighted by Gasteiger charge is 2.15. The first-order valence-corrected chi connectivity index (χ1v) is 5.97. The number of rotatable bonds is 7. The number of hydrogen-bond donors (Lipinski definition) is 1. The van der Waals surface area contributed by atoms with Gasteiger partial charge in [-0.1, -0.05) is 12.1 Å². The number of nitrogens with zero attached hydrogens (tertiary/aromatic N) is 2. The van der Waals surface area contributed by atoms with Crippen LogP contribution >= 0.6 is 11.8 Å². The van der Waals surface area contributed by atoms with E-state index in [0.717, 1.165) is 6.42 Å². The SMILES string of the molecule is CCC(OC)c1noc(CSCC(=O)O)n1. The molecule has 0 saturated heterocycles. The van der Waals surface area contributed by atoms with Crippen molar-refractivity contribution in [3.05, 3.63) is 11.7 Å². The molecule has 0 aliphatic carbocycles. The summed E-state index contributed by atoms with van der Waals surface area (Å²) in [5.74, 6) is 0.513. The Hall–Kier alpha value is -1.08. The molecule has 7 heteroatoms. The van der Waals surface area contributed by atoms with Gasteiger partial charge in [-0.3, -0.25) is 4.79 Å². The molecular weight excluding hydrogens is 232 g/mol. The van der Waals surface area contributed by atoms with Crippen molar-refractivity contribution in [3.8, 4) is 0 Å². The molecule has 1 rings (SSSR count). The Labute approximate surface area is 97.4 Å². The summed E-state index contributed by atoms with van der Waals surface area (Å²) < 4.78 is 10.1. The first-order valence-electron chi connectivity index (χ1n) is 4.82. The van der Waals surface area contributed by atoms with E-state index < -0.39 is 5.97 Å². The van der Waals surface area contributed by atoms with Gasteiger partial charge in [-0.15, -0.1) is 11.8 Å². The maximum absolute atomic E-state index is 10.3. The van der Waals surface area contributed by atoms with Crippen LogP contribution in [0.3, 0.4) is 0 Å². The lowest BCUT2D eigenvalue weighted by Crippen LogP contribution is -2.02. The molecular formula is C9H14N2O4S. The van der Waals surface area contributed by atoms with E-state index in [0.29, 0.717) is 17.5 Å². The Morgan fingerprint density at radius 3 is 3.00 bits per heavy atom. The molecule has 0 spiro atoms. The van der Waals surface area contributed by atoms with Crippen LogP contribution in [0.2, 0.25) is 0 Å². The Morgan fingerprint density at radius 2 is 2.44 bits per heavy atom. The van der Waals surface area contributed by atoms with Crippen LogP contribution in [0.4, 0.5) is 0 Å². The van der Waals surface area contributed by atoms with Gasteiger partial charge in [0.25, 0.3) is 0 Å². The van der Waals surface area contributed by atoms with Crippen LogP contribution in [-0.2, 0) is 15.3 Å². The van der Waals surface area contributed by atoms with E-state index in [1.54, 1.807) is 7.11 Å². The molecule has 0 amide bonds. The molecule has 0 aromatic carbocycles. The minimum absolute atomic E-state index is 0.0270. The van der Waals surface area contributed by atoms with Gasteiger partial charge in [0.2, 0.25) is 11.7 Å².